The van der Waals surface area contributed by atoms with Crippen LogP contribution in [0.1, 0.15) is 16.7 Å². The van der Waals surface area contributed by atoms with E-state index in [9.17, 15) is 0 Å². The van der Waals surface area contributed by atoms with Crippen LogP contribution < -0.4 is 16.0 Å². The van der Waals surface area contributed by atoms with Crippen molar-refractivity contribution < 1.29 is 4.74 Å². The summed E-state index contributed by atoms with van der Waals surface area (Å²) in [4.78, 5) is 0. The molecule has 2 atom stereocenters. The summed E-state index contributed by atoms with van der Waals surface area (Å²) in [6.45, 7) is 2.11. The number of aryl methyl sites for hydroxylation is 1. The molecule has 0 aliphatic carbocycles. The van der Waals surface area contributed by atoms with E-state index in [2.05, 4.69) is 48.7 Å². The minimum absolute atomic E-state index is 0.0953. The maximum Gasteiger partial charge on any atom is 0.123 e. The SMILES string of the molecule is Cc1cccc(CC(NN)C2Cc3ccccc3O2)c1. The van der Waals surface area contributed by atoms with Gasteiger partial charge >= 0.3 is 0 Å². The van der Waals surface area contributed by atoms with Gasteiger partial charge in [-0.15, -0.1) is 0 Å². The van der Waals surface area contributed by atoms with Crippen LogP contribution in [0.5, 0.6) is 5.75 Å². The summed E-state index contributed by atoms with van der Waals surface area (Å²) in [6.07, 6.45) is 1.88. The molecule has 0 saturated heterocycles. The van der Waals surface area contributed by atoms with Crippen LogP contribution in [0.25, 0.3) is 0 Å². The summed E-state index contributed by atoms with van der Waals surface area (Å²) in [5, 5.41) is 0. The average molecular weight is 268 g/mol. The third-order valence-corrected chi connectivity index (χ3v) is 3.87. The number of benzene rings is 2. The molecule has 0 radical (unpaired) electrons. The van der Waals surface area contributed by atoms with Crippen molar-refractivity contribution in [2.24, 2.45) is 5.84 Å². The third-order valence-electron chi connectivity index (χ3n) is 3.87. The fourth-order valence-corrected chi connectivity index (χ4v) is 2.82. The number of nitrogens with two attached hydrogens (primary N) is 1. The number of hydrazine groups is 1. The Balaban J connectivity index is 1.72. The highest BCUT2D eigenvalue weighted by Crippen LogP contribution is 2.30. The fraction of sp³-hybridized carbons (Fsp3) is 0.294. The molecule has 20 heavy (non-hydrogen) atoms. The molecule has 1 heterocycles. The van der Waals surface area contributed by atoms with Crippen LogP contribution in [0.15, 0.2) is 48.5 Å². The number of nitrogens with one attached hydrogen (secondary N) is 1. The van der Waals surface area contributed by atoms with Gasteiger partial charge in [-0.05, 0) is 30.5 Å². The molecule has 3 N–H and O–H groups in total. The first kappa shape index (κ1) is 13.2. The van der Waals surface area contributed by atoms with E-state index in [1.165, 1.54) is 16.7 Å². The lowest BCUT2D eigenvalue weighted by atomic mass is 9.97. The number of fused-ring (bicyclic) bond motifs is 1. The first-order chi connectivity index (χ1) is 9.76. The van der Waals surface area contributed by atoms with Crippen molar-refractivity contribution in [1.82, 2.24) is 5.43 Å². The summed E-state index contributed by atoms with van der Waals surface area (Å²) in [7, 11) is 0. The van der Waals surface area contributed by atoms with E-state index in [-0.39, 0.29) is 12.1 Å². The monoisotopic (exact) mass is 268 g/mol. The summed E-state index contributed by atoms with van der Waals surface area (Å²) < 4.78 is 6.02. The fourth-order valence-electron chi connectivity index (χ4n) is 2.82. The van der Waals surface area contributed by atoms with E-state index in [4.69, 9.17) is 10.6 Å². The molecule has 3 heteroatoms. The van der Waals surface area contributed by atoms with E-state index >= 15 is 0 Å². The topological polar surface area (TPSA) is 47.3 Å². The summed E-state index contributed by atoms with van der Waals surface area (Å²) in [5.41, 5.74) is 6.74. The molecule has 0 saturated carbocycles. The Bertz CT molecular complexity index is 572. The predicted molar refractivity (Wildman–Crippen MR) is 80.6 cm³/mol. The average Bonchev–Trinajstić information content (AvgIpc) is 2.88. The van der Waals surface area contributed by atoms with Gasteiger partial charge < -0.3 is 4.74 Å². The number of hydrogen-bond donors (Lipinski definition) is 2. The van der Waals surface area contributed by atoms with Crippen LogP contribution in [0.2, 0.25) is 0 Å². The number of para-hydroxylation sites is 1. The van der Waals surface area contributed by atoms with Gasteiger partial charge in [-0.2, -0.15) is 0 Å². The second-order valence-corrected chi connectivity index (χ2v) is 5.43. The largest absolute Gasteiger partial charge is 0.488 e. The minimum atomic E-state index is 0.0953. The Morgan fingerprint density at radius 3 is 2.85 bits per heavy atom. The standard InChI is InChI=1S/C17H20N2O/c1-12-5-4-6-13(9-12)10-15(19-18)17-11-14-7-2-3-8-16(14)20-17/h2-9,15,17,19H,10-11,18H2,1H3. The van der Waals surface area contributed by atoms with Crippen molar-refractivity contribution in [1.29, 1.82) is 0 Å². The van der Waals surface area contributed by atoms with E-state index in [0.29, 0.717) is 0 Å². The Labute approximate surface area is 119 Å². The first-order valence-corrected chi connectivity index (χ1v) is 7.02. The Kier molecular flexibility index (Phi) is 3.72. The molecule has 3 rings (SSSR count). The highest BCUT2D eigenvalue weighted by molar-refractivity contribution is 5.38. The molecule has 1 aliphatic rings. The van der Waals surface area contributed by atoms with E-state index in [1.54, 1.807) is 0 Å². The highest BCUT2D eigenvalue weighted by atomic mass is 16.5. The lowest BCUT2D eigenvalue weighted by Crippen LogP contribution is -2.47. The van der Waals surface area contributed by atoms with Gasteiger partial charge in [0.15, 0.2) is 0 Å². The predicted octanol–water partition coefficient (Wildman–Crippen LogP) is 2.37. The van der Waals surface area contributed by atoms with Gasteiger partial charge in [0.05, 0.1) is 6.04 Å². The maximum absolute atomic E-state index is 6.02. The lowest BCUT2D eigenvalue weighted by Gasteiger charge is -2.22. The summed E-state index contributed by atoms with van der Waals surface area (Å²) >= 11 is 0. The molecule has 1 aliphatic heterocycles. The Morgan fingerprint density at radius 1 is 1.25 bits per heavy atom. The van der Waals surface area contributed by atoms with E-state index in [1.807, 2.05) is 12.1 Å². The Morgan fingerprint density at radius 2 is 2.10 bits per heavy atom. The summed E-state index contributed by atoms with van der Waals surface area (Å²) in [6, 6.07) is 16.8. The molecule has 2 aromatic rings. The van der Waals surface area contributed by atoms with Crippen LogP contribution in [0.3, 0.4) is 0 Å². The molecular weight excluding hydrogens is 248 g/mol. The molecule has 2 aromatic carbocycles. The van der Waals surface area contributed by atoms with Crippen molar-refractivity contribution in [2.45, 2.75) is 31.9 Å². The van der Waals surface area contributed by atoms with Crippen molar-refractivity contribution in [2.75, 3.05) is 0 Å². The van der Waals surface area contributed by atoms with E-state index in [0.717, 1.165) is 18.6 Å². The zero-order valence-corrected chi connectivity index (χ0v) is 11.7. The highest BCUT2D eigenvalue weighted by Gasteiger charge is 2.29. The van der Waals surface area contributed by atoms with Gasteiger partial charge in [0.1, 0.15) is 11.9 Å². The van der Waals surface area contributed by atoms with Crippen LogP contribution >= 0.6 is 0 Å². The molecule has 0 bridgehead atoms. The maximum atomic E-state index is 6.02. The van der Waals surface area contributed by atoms with E-state index < -0.39 is 0 Å². The van der Waals surface area contributed by atoms with Crippen LogP contribution in [-0.4, -0.2) is 12.1 Å². The summed E-state index contributed by atoms with van der Waals surface area (Å²) in [5.74, 6) is 6.73. The quantitative estimate of drug-likeness (QED) is 0.661. The van der Waals surface area contributed by atoms with Crippen LogP contribution in [-0.2, 0) is 12.8 Å². The van der Waals surface area contributed by atoms with Gasteiger partial charge in [-0.3, -0.25) is 11.3 Å². The number of hydrogen-bond acceptors (Lipinski definition) is 3. The van der Waals surface area contributed by atoms with Gasteiger partial charge in [0, 0.05) is 6.42 Å². The second-order valence-electron chi connectivity index (χ2n) is 5.43. The molecule has 3 nitrogen and oxygen atoms in total. The second kappa shape index (κ2) is 5.65. The smallest absolute Gasteiger partial charge is 0.123 e. The van der Waals surface area contributed by atoms with Crippen LogP contribution in [0, 0.1) is 6.92 Å². The molecule has 0 fully saturated rings. The lowest BCUT2D eigenvalue weighted by molar-refractivity contribution is 0.177. The van der Waals surface area contributed by atoms with Gasteiger partial charge in [0.2, 0.25) is 0 Å². The molecule has 0 aromatic heterocycles. The normalized spacial score (nSPS) is 18.4. The van der Waals surface area contributed by atoms with Gasteiger partial charge in [-0.25, -0.2) is 0 Å². The number of rotatable bonds is 4. The minimum Gasteiger partial charge on any atom is -0.488 e. The van der Waals surface area contributed by atoms with Gasteiger partial charge in [-0.1, -0.05) is 48.0 Å². The zero-order valence-electron chi connectivity index (χ0n) is 11.7. The first-order valence-electron chi connectivity index (χ1n) is 7.02. The number of ether oxygens (including phenoxy) is 1. The molecule has 0 amide bonds. The van der Waals surface area contributed by atoms with Gasteiger partial charge in [0.25, 0.3) is 0 Å². The molecule has 0 spiro atoms. The molecule has 2 unspecified atom stereocenters. The van der Waals surface area contributed by atoms with Crippen molar-refractivity contribution in [3.05, 3.63) is 65.2 Å². The van der Waals surface area contributed by atoms with Crippen molar-refractivity contribution in [3.63, 3.8) is 0 Å². The molecular formula is C17H20N2O. The zero-order chi connectivity index (χ0) is 13.9. The van der Waals surface area contributed by atoms with Crippen LogP contribution in [0.4, 0.5) is 0 Å². The van der Waals surface area contributed by atoms with Crippen molar-refractivity contribution >= 4 is 0 Å². The third kappa shape index (κ3) is 2.69. The molecule has 104 valence electrons. The van der Waals surface area contributed by atoms with Crippen molar-refractivity contribution in [3.8, 4) is 5.75 Å². The Hall–Kier alpha value is -1.84.